The minimum atomic E-state index is -0.584. The van der Waals surface area contributed by atoms with Crippen molar-refractivity contribution in [3.63, 3.8) is 0 Å². The van der Waals surface area contributed by atoms with E-state index in [1.54, 1.807) is 20.3 Å². The van der Waals surface area contributed by atoms with Gasteiger partial charge in [0.1, 0.15) is 17.0 Å². The van der Waals surface area contributed by atoms with E-state index in [9.17, 15) is 0 Å². The number of alkyl halides is 1. The Labute approximate surface area is 88.8 Å². The van der Waals surface area contributed by atoms with Crippen LogP contribution in [-0.2, 0) is 0 Å². The maximum atomic E-state index is 5.81. The van der Waals surface area contributed by atoms with Crippen molar-refractivity contribution < 1.29 is 9.47 Å². The fourth-order valence-electron chi connectivity index (χ4n) is 1.29. The number of aryl methyl sites for hydroxylation is 1. The van der Waals surface area contributed by atoms with E-state index in [-0.39, 0.29) is 0 Å². The molecule has 1 aromatic carbocycles. The van der Waals surface area contributed by atoms with Crippen molar-refractivity contribution in [1.29, 1.82) is 0 Å². The monoisotopic (exact) mass is 215 g/mol. The van der Waals surface area contributed by atoms with E-state index >= 15 is 0 Å². The van der Waals surface area contributed by atoms with E-state index in [1.807, 2.05) is 13.0 Å². The first-order valence-electron chi connectivity index (χ1n) is 4.22. The van der Waals surface area contributed by atoms with Crippen molar-refractivity contribution in [2.24, 2.45) is 5.73 Å². The van der Waals surface area contributed by atoms with Crippen LogP contribution in [0.4, 0.5) is 0 Å². The standard InChI is InChI=1S/C10H14ClNO2/c1-6-4-9(14-3)7(10(11)12)5-8(6)13-2/h4-5,10H,12H2,1-3H3. The Morgan fingerprint density at radius 1 is 1.21 bits per heavy atom. The summed E-state index contributed by atoms with van der Waals surface area (Å²) in [6, 6.07) is 3.66. The summed E-state index contributed by atoms with van der Waals surface area (Å²) < 4.78 is 10.3. The first-order valence-corrected chi connectivity index (χ1v) is 4.66. The van der Waals surface area contributed by atoms with Gasteiger partial charge in [-0.05, 0) is 24.6 Å². The van der Waals surface area contributed by atoms with Gasteiger partial charge in [0, 0.05) is 5.56 Å². The van der Waals surface area contributed by atoms with Crippen molar-refractivity contribution in [3.8, 4) is 11.5 Å². The maximum Gasteiger partial charge on any atom is 0.125 e. The number of benzene rings is 1. The predicted octanol–water partition coefficient (Wildman–Crippen LogP) is 2.21. The second kappa shape index (κ2) is 4.53. The van der Waals surface area contributed by atoms with Gasteiger partial charge in [0.05, 0.1) is 14.2 Å². The van der Waals surface area contributed by atoms with Crippen molar-refractivity contribution in [2.75, 3.05) is 14.2 Å². The normalized spacial score (nSPS) is 12.4. The molecular weight excluding hydrogens is 202 g/mol. The highest BCUT2D eigenvalue weighted by Gasteiger charge is 2.12. The number of methoxy groups -OCH3 is 2. The van der Waals surface area contributed by atoms with E-state index in [2.05, 4.69) is 0 Å². The van der Waals surface area contributed by atoms with Crippen LogP contribution >= 0.6 is 11.6 Å². The highest BCUT2D eigenvalue weighted by Crippen LogP contribution is 2.32. The maximum absolute atomic E-state index is 5.81. The molecule has 1 rings (SSSR count). The van der Waals surface area contributed by atoms with Crippen LogP contribution in [0, 0.1) is 6.92 Å². The third kappa shape index (κ3) is 2.11. The summed E-state index contributed by atoms with van der Waals surface area (Å²) in [5, 5.41) is 0. The van der Waals surface area contributed by atoms with E-state index in [0.29, 0.717) is 5.75 Å². The summed E-state index contributed by atoms with van der Waals surface area (Å²) in [6.45, 7) is 1.94. The van der Waals surface area contributed by atoms with Gasteiger partial charge in [0.2, 0.25) is 0 Å². The molecule has 0 fully saturated rings. The van der Waals surface area contributed by atoms with Crippen molar-refractivity contribution in [3.05, 3.63) is 23.3 Å². The van der Waals surface area contributed by atoms with Crippen LogP contribution in [0.3, 0.4) is 0 Å². The summed E-state index contributed by atoms with van der Waals surface area (Å²) in [6.07, 6.45) is 0. The predicted molar refractivity (Wildman–Crippen MR) is 57.1 cm³/mol. The third-order valence-corrected chi connectivity index (χ3v) is 2.28. The number of nitrogens with two attached hydrogens (primary N) is 1. The molecule has 1 unspecified atom stereocenters. The minimum absolute atomic E-state index is 0.584. The van der Waals surface area contributed by atoms with Crippen molar-refractivity contribution >= 4 is 11.6 Å². The molecule has 0 heterocycles. The van der Waals surface area contributed by atoms with E-state index in [4.69, 9.17) is 26.8 Å². The van der Waals surface area contributed by atoms with Crippen LogP contribution in [0.25, 0.3) is 0 Å². The molecule has 78 valence electrons. The lowest BCUT2D eigenvalue weighted by molar-refractivity contribution is 0.396. The zero-order valence-corrected chi connectivity index (χ0v) is 9.26. The lowest BCUT2D eigenvalue weighted by Crippen LogP contribution is -2.05. The second-order valence-corrected chi connectivity index (χ2v) is 3.44. The molecule has 0 saturated heterocycles. The number of halogens is 1. The molecule has 0 bridgehead atoms. The van der Waals surface area contributed by atoms with Gasteiger partial charge in [0.25, 0.3) is 0 Å². The Hall–Kier alpha value is -0.930. The Morgan fingerprint density at radius 3 is 2.21 bits per heavy atom. The minimum Gasteiger partial charge on any atom is -0.496 e. The lowest BCUT2D eigenvalue weighted by Gasteiger charge is -2.14. The number of hydrogen-bond donors (Lipinski definition) is 1. The van der Waals surface area contributed by atoms with Crippen LogP contribution in [-0.4, -0.2) is 14.2 Å². The molecule has 0 aliphatic carbocycles. The summed E-state index contributed by atoms with van der Waals surface area (Å²) in [7, 11) is 3.20. The number of hydrogen-bond acceptors (Lipinski definition) is 3. The molecule has 14 heavy (non-hydrogen) atoms. The first kappa shape index (κ1) is 11.1. The summed E-state index contributed by atoms with van der Waals surface area (Å²) in [4.78, 5) is 0. The molecule has 0 aromatic heterocycles. The quantitative estimate of drug-likeness (QED) is 0.621. The Balaban J connectivity index is 3.25. The lowest BCUT2D eigenvalue weighted by atomic mass is 10.1. The van der Waals surface area contributed by atoms with Gasteiger partial charge in [-0.1, -0.05) is 0 Å². The molecule has 0 aliphatic rings. The molecule has 4 heteroatoms. The van der Waals surface area contributed by atoms with Crippen LogP contribution in [0.5, 0.6) is 11.5 Å². The van der Waals surface area contributed by atoms with Gasteiger partial charge >= 0.3 is 0 Å². The number of rotatable bonds is 3. The summed E-state index contributed by atoms with van der Waals surface area (Å²) in [5.74, 6) is 1.45. The fraction of sp³-hybridized carbons (Fsp3) is 0.400. The Bertz CT molecular complexity index is 326. The molecular formula is C10H14ClNO2. The molecule has 0 saturated carbocycles. The van der Waals surface area contributed by atoms with E-state index in [0.717, 1.165) is 16.9 Å². The Morgan fingerprint density at radius 2 is 1.79 bits per heavy atom. The molecule has 3 nitrogen and oxygen atoms in total. The third-order valence-electron chi connectivity index (χ3n) is 2.04. The smallest absolute Gasteiger partial charge is 0.125 e. The van der Waals surface area contributed by atoms with Crippen LogP contribution in [0.2, 0.25) is 0 Å². The molecule has 0 amide bonds. The molecule has 0 spiro atoms. The SMILES string of the molecule is COc1cc(C(N)Cl)c(OC)cc1C. The van der Waals surface area contributed by atoms with Gasteiger partial charge in [-0.15, -0.1) is 11.6 Å². The topological polar surface area (TPSA) is 44.5 Å². The molecule has 0 radical (unpaired) electrons. The van der Waals surface area contributed by atoms with Crippen LogP contribution < -0.4 is 15.2 Å². The van der Waals surface area contributed by atoms with E-state index in [1.165, 1.54) is 0 Å². The zero-order valence-electron chi connectivity index (χ0n) is 8.50. The highest BCUT2D eigenvalue weighted by atomic mass is 35.5. The second-order valence-electron chi connectivity index (χ2n) is 2.97. The fourth-order valence-corrected chi connectivity index (χ4v) is 1.46. The van der Waals surface area contributed by atoms with Gasteiger partial charge in [0.15, 0.2) is 0 Å². The average molecular weight is 216 g/mol. The average Bonchev–Trinajstić information content (AvgIpc) is 2.16. The van der Waals surface area contributed by atoms with Gasteiger partial charge in [-0.25, -0.2) is 0 Å². The van der Waals surface area contributed by atoms with Crippen molar-refractivity contribution in [1.82, 2.24) is 0 Å². The molecule has 0 aliphatic heterocycles. The van der Waals surface area contributed by atoms with Crippen molar-refractivity contribution in [2.45, 2.75) is 12.4 Å². The summed E-state index contributed by atoms with van der Waals surface area (Å²) in [5.41, 5.74) is 6.73. The van der Waals surface area contributed by atoms with E-state index < -0.39 is 5.50 Å². The molecule has 2 N–H and O–H groups in total. The van der Waals surface area contributed by atoms with Gasteiger partial charge < -0.3 is 15.2 Å². The van der Waals surface area contributed by atoms with Crippen LogP contribution in [0.15, 0.2) is 12.1 Å². The number of ether oxygens (including phenoxy) is 2. The van der Waals surface area contributed by atoms with Gasteiger partial charge in [-0.2, -0.15) is 0 Å². The van der Waals surface area contributed by atoms with Crippen LogP contribution in [0.1, 0.15) is 16.6 Å². The van der Waals surface area contributed by atoms with Gasteiger partial charge in [-0.3, -0.25) is 0 Å². The molecule has 1 aromatic rings. The first-order chi connectivity index (χ1) is 6.60. The highest BCUT2D eigenvalue weighted by molar-refractivity contribution is 6.20. The summed E-state index contributed by atoms with van der Waals surface area (Å²) >= 11 is 5.81. The molecule has 1 atom stereocenters. The zero-order chi connectivity index (χ0) is 10.7. The Kier molecular flexibility index (Phi) is 3.61. The largest absolute Gasteiger partial charge is 0.496 e.